The Bertz CT molecular complexity index is 921. The number of hydrogen-bond acceptors (Lipinski definition) is 6. The van der Waals surface area contributed by atoms with Gasteiger partial charge in [-0.1, -0.05) is 12.1 Å². The molecule has 2 aromatic heterocycles. The van der Waals surface area contributed by atoms with Crippen LogP contribution in [0.2, 0.25) is 0 Å². The molecule has 26 heavy (non-hydrogen) atoms. The van der Waals surface area contributed by atoms with Crippen LogP contribution in [0.5, 0.6) is 0 Å². The maximum atomic E-state index is 11.2. The van der Waals surface area contributed by atoms with E-state index in [9.17, 15) is 10.1 Å². The number of non-ortho nitro benzene ring substituents is 1. The molecule has 0 bridgehead atoms. The van der Waals surface area contributed by atoms with Crippen LogP contribution in [0.1, 0.15) is 23.8 Å². The number of aromatic nitrogens is 2. The van der Waals surface area contributed by atoms with Crippen molar-refractivity contribution in [1.82, 2.24) is 9.97 Å². The summed E-state index contributed by atoms with van der Waals surface area (Å²) in [6.07, 6.45) is 5.41. The maximum absolute atomic E-state index is 11.2. The fourth-order valence-corrected chi connectivity index (χ4v) is 4.38. The van der Waals surface area contributed by atoms with Crippen LogP contribution in [0.4, 0.5) is 5.69 Å². The summed E-state index contributed by atoms with van der Waals surface area (Å²) in [5, 5.41) is 12.2. The van der Waals surface area contributed by atoms with Gasteiger partial charge < -0.3 is 4.74 Å². The Morgan fingerprint density at radius 3 is 2.62 bits per heavy atom. The molecule has 0 unspecified atom stereocenters. The highest BCUT2D eigenvalue weighted by molar-refractivity contribution is 7.15. The van der Waals surface area contributed by atoms with Gasteiger partial charge >= 0.3 is 0 Å². The standard InChI is InChI=1S/C19H17N3O3S/c23-22(24)16-3-1-2-15(12-16)17-18(13-4-8-20-9-5-13)26-19(21-17)14-6-10-25-11-7-14/h1-5,8-9,12,14H,6-7,10-11H2. The predicted octanol–water partition coefficient (Wildman–Crippen LogP) is 4.67. The lowest BCUT2D eigenvalue weighted by molar-refractivity contribution is -0.384. The van der Waals surface area contributed by atoms with Crippen LogP contribution in [0.25, 0.3) is 21.7 Å². The Labute approximate surface area is 154 Å². The molecular weight excluding hydrogens is 350 g/mol. The number of nitrogens with zero attached hydrogens (tertiary/aromatic N) is 3. The van der Waals surface area contributed by atoms with Crippen molar-refractivity contribution >= 4 is 17.0 Å². The smallest absolute Gasteiger partial charge is 0.270 e. The zero-order valence-electron chi connectivity index (χ0n) is 14.0. The molecule has 1 aromatic carbocycles. The number of nitro groups is 1. The Morgan fingerprint density at radius 2 is 1.88 bits per heavy atom. The minimum absolute atomic E-state index is 0.0730. The highest BCUT2D eigenvalue weighted by Crippen LogP contribution is 2.41. The third-order valence-corrected chi connectivity index (χ3v) is 5.75. The van der Waals surface area contributed by atoms with Crippen molar-refractivity contribution in [2.45, 2.75) is 18.8 Å². The van der Waals surface area contributed by atoms with Crippen LogP contribution in [-0.4, -0.2) is 28.1 Å². The second-order valence-corrected chi connectivity index (χ2v) is 7.19. The van der Waals surface area contributed by atoms with Crippen molar-refractivity contribution in [2.24, 2.45) is 0 Å². The summed E-state index contributed by atoms with van der Waals surface area (Å²) in [6.45, 7) is 1.50. The van der Waals surface area contributed by atoms with Gasteiger partial charge in [0.25, 0.3) is 5.69 Å². The summed E-state index contributed by atoms with van der Waals surface area (Å²) in [5.74, 6) is 0.377. The molecule has 6 nitrogen and oxygen atoms in total. The minimum Gasteiger partial charge on any atom is -0.381 e. The van der Waals surface area contributed by atoms with Crippen LogP contribution in [0.3, 0.4) is 0 Å². The number of nitro benzene ring substituents is 1. The third-order valence-electron chi connectivity index (χ3n) is 4.49. The first-order chi connectivity index (χ1) is 12.7. The summed E-state index contributed by atoms with van der Waals surface area (Å²) in [6, 6.07) is 10.6. The van der Waals surface area contributed by atoms with E-state index < -0.39 is 0 Å². The van der Waals surface area contributed by atoms with Crippen molar-refractivity contribution in [3.8, 4) is 21.7 Å². The van der Waals surface area contributed by atoms with Crippen LogP contribution >= 0.6 is 11.3 Å². The van der Waals surface area contributed by atoms with E-state index in [4.69, 9.17) is 9.72 Å². The summed E-state index contributed by atoms with van der Waals surface area (Å²) in [7, 11) is 0. The fourth-order valence-electron chi connectivity index (χ4n) is 3.12. The van der Waals surface area contributed by atoms with Gasteiger partial charge in [0.1, 0.15) is 0 Å². The SMILES string of the molecule is O=[N+]([O-])c1cccc(-c2nc(C3CCOCC3)sc2-c2ccncc2)c1. The molecule has 0 amide bonds. The largest absolute Gasteiger partial charge is 0.381 e. The summed E-state index contributed by atoms with van der Waals surface area (Å²) < 4.78 is 5.46. The minimum atomic E-state index is -0.374. The van der Waals surface area contributed by atoms with Crippen LogP contribution in [0, 0.1) is 10.1 Å². The number of benzene rings is 1. The van der Waals surface area contributed by atoms with E-state index in [-0.39, 0.29) is 10.6 Å². The van der Waals surface area contributed by atoms with Gasteiger partial charge in [-0.25, -0.2) is 4.98 Å². The van der Waals surface area contributed by atoms with E-state index in [0.717, 1.165) is 52.8 Å². The van der Waals surface area contributed by atoms with Crippen molar-refractivity contribution in [1.29, 1.82) is 0 Å². The fraction of sp³-hybridized carbons (Fsp3) is 0.263. The molecule has 132 valence electrons. The first kappa shape index (κ1) is 16.8. The molecule has 1 aliphatic rings. The van der Waals surface area contributed by atoms with Crippen LogP contribution in [0.15, 0.2) is 48.8 Å². The van der Waals surface area contributed by atoms with Gasteiger partial charge in [-0.05, 0) is 30.5 Å². The van der Waals surface area contributed by atoms with Crippen molar-refractivity contribution in [2.75, 3.05) is 13.2 Å². The Balaban J connectivity index is 1.82. The molecule has 1 saturated heterocycles. The Kier molecular flexibility index (Phi) is 4.73. The average Bonchev–Trinajstić information content (AvgIpc) is 3.15. The van der Waals surface area contributed by atoms with Gasteiger partial charge in [-0.3, -0.25) is 15.1 Å². The molecule has 1 aliphatic heterocycles. The normalized spacial score (nSPS) is 15.1. The lowest BCUT2D eigenvalue weighted by Gasteiger charge is -2.19. The number of thiazole rings is 1. The second-order valence-electron chi connectivity index (χ2n) is 6.16. The monoisotopic (exact) mass is 367 g/mol. The highest BCUT2D eigenvalue weighted by atomic mass is 32.1. The summed E-state index contributed by atoms with van der Waals surface area (Å²) >= 11 is 1.66. The lowest BCUT2D eigenvalue weighted by atomic mass is 10.0. The molecule has 0 radical (unpaired) electrons. The second kappa shape index (κ2) is 7.31. The lowest BCUT2D eigenvalue weighted by Crippen LogP contribution is -2.13. The first-order valence-corrected chi connectivity index (χ1v) is 9.28. The Hall–Kier alpha value is -2.64. The van der Waals surface area contributed by atoms with Crippen molar-refractivity contribution in [3.63, 3.8) is 0 Å². The maximum Gasteiger partial charge on any atom is 0.270 e. The molecule has 0 aliphatic carbocycles. The van der Waals surface area contributed by atoms with Gasteiger partial charge in [-0.2, -0.15) is 0 Å². The van der Waals surface area contributed by atoms with Gasteiger partial charge in [0.05, 0.1) is 20.5 Å². The first-order valence-electron chi connectivity index (χ1n) is 8.46. The summed E-state index contributed by atoms with van der Waals surface area (Å²) in [4.78, 5) is 20.8. The summed E-state index contributed by atoms with van der Waals surface area (Å²) in [5.41, 5.74) is 2.66. The number of pyridine rings is 1. The van der Waals surface area contributed by atoms with Gasteiger partial charge in [-0.15, -0.1) is 11.3 Å². The average molecular weight is 367 g/mol. The molecular formula is C19H17N3O3S. The van der Waals surface area contributed by atoms with Crippen LogP contribution < -0.4 is 0 Å². The van der Waals surface area contributed by atoms with E-state index in [1.165, 1.54) is 6.07 Å². The molecule has 3 heterocycles. The van der Waals surface area contributed by atoms with E-state index in [2.05, 4.69) is 4.98 Å². The quantitative estimate of drug-likeness (QED) is 0.494. The zero-order chi connectivity index (χ0) is 17.9. The third kappa shape index (κ3) is 3.36. The van der Waals surface area contributed by atoms with Crippen molar-refractivity contribution in [3.05, 3.63) is 63.9 Å². The predicted molar refractivity (Wildman–Crippen MR) is 100 cm³/mol. The van der Waals surface area contributed by atoms with Gasteiger partial charge in [0.15, 0.2) is 0 Å². The van der Waals surface area contributed by atoms with E-state index >= 15 is 0 Å². The molecule has 0 saturated carbocycles. The van der Waals surface area contributed by atoms with E-state index in [1.807, 2.05) is 18.2 Å². The molecule has 1 fully saturated rings. The number of ether oxygens (including phenoxy) is 1. The Morgan fingerprint density at radius 1 is 1.12 bits per heavy atom. The molecule has 3 aromatic rings. The van der Waals surface area contributed by atoms with Crippen molar-refractivity contribution < 1.29 is 9.66 Å². The van der Waals surface area contributed by atoms with Gasteiger partial charge in [0, 0.05) is 49.2 Å². The van der Waals surface area contributed by atoms with E-state index in [0.29, 0.717) is 5.92 Å². The van der Waals surface area contributed by atoms with E-state index in [1.54, 1.807) is 35.9 Å². The number of rotatable bonds is 4. The molecule has 0 N–H and O–H groups in total. The van der Waals surface area contributed by atoms with Crippen LogP contribution in [-0.2, 0) is 4.74 Å². The number of hydrogen-bond donors (Lipinski definition) is 0. The molecule has 7 heteroatoms. The molecule has 4 rings (SSSR count). The zero-order valence-corrected chi connectivity index (χ0v) is 14.8. The molecule has 0 spiro atoms. The molecule has 0 atom stereocenters. The topological polar surface area (TPSA) is 78.2 Å². The van der Waals surface area contributed by atoms with Gasteiger partial charge in [0.2, 0.25) is 0 Å². The highest BCUT2D eigenvalue weighted by Gasteiger charge is 2.23.